The highest BCUT2D eigenvalue weighted by atomic mass is 32.2. The van der Waals surface area contributed by atoms with Crippen LogP contribution in [0.4, 0.5) is 4.79 Å². The van der Waals surface area contributed by atoms with Crippen molar-refractivity contribution in [2.75, 3.05) is 33.3 Å². The van der Waals surface area contributed by atoms with Crippen molar-refractivity contribution in [3.05, 3.63) is 29.8 Å². The first-order valence-corrected chi connectivity index (χ1v) is 12.1. The van der Waals surface area contributed by atoms with E-state index in [1.807, 2.05) is 32.9 Å². The minimum absolute atomic E-state index is 0.0658. The van der Waals surface area contributed by atoms with Crippen molar-refractivity contribution in [1.29, 1.82) is 0 Å². The van der Waals surface area contributed by atoms with E-state index in [1.54, 1.807) is 37.1 Å². The summed E-state index contributed by atoms with van der Waals surface area (Å²) >= 11 is 0. The molecule has 0 fully saturated rings. The van der Waals surface area contributed by atoms with E-state index in [2.05, 4.69) is 5.32 Å². The summed E-state index contributed by atoms with van der Waals surface area (Å²) in [6.45, 7) is 8.21. The Hall–Kier alpha value is -2.10. The summed E-state index contributed by atoms with van der Waals surface area (Å²) < 4.78 is 34.3. The fourth-order valence-corrected chi connectivity index (χ4v) is 5.30. The molecule has 1 aromatic rings. The number of likely N-dealkylation sites (N-methyl/N-ethyl adjacent to an activating group) is 1. The van der Waals surface area contributed by atoms with Crippen LogP contribution in [0.1, 0.15) is 39.7 Å². The summed E-state index contributed by atoms with van der Waals surface area (Å²) in [6.07, 6.45) is 4.14. The van der Waals surface area contributed by atoms with Gasteiger partial charge in [0.05, 0.1) is 13.2 Å². The number of sulfonamides is 1. The number of fused-ring (bicyclic) bond motifs is 1. The molecule has 0 unspecified atom stereocenters. The van der Waals surface area contributed by atoms with Crippen LogP contribution in [0.5, 0.6) is 5.75 Å². The van der Waals surface area contributed by atoms with Crippen molar-refractivity contribution in [3.8, 4) is 5.75 Å². The highest BCUT2D eigenvalue weighted by Crippen LogP contribution is 2.34. The van der Waals surface area contributed by atoms with Crippen molar-refractivity contribution in [2.24, 2.45) is 5.92 Å². The zero-order valence-corrected chi connectivity index (χ0v) is 19.9. The molecular weight excluding hydrogens is 418 g/mol. The standard InChI is InChI=1S/C22H35N3O5S/c1-6-8-18-9-10-21-19(12-18)30-20(14-24(5)22(27)23-11-7-2)16(3)13-25(17(4)15-26)31(21,28)29/h6,8-10,12,16-17,20,26H,7,11,13-15H2,1-5H3,(H,23,27)/b8-6+/t16-,17+,20+/m1/s1. The van der Waals surface area contributed by atoms with Crippen LogP contribution in [0, 0.1) is 5.92 Å². The number of benzene rings is 1. The first-order chi connectivity index (χ1) is 14.6. The Bertz CT molecular complexity index is 887. The van der Waals surface area contributed by atoms with Crippen LogP contribution in [0.15, 0.2) is 29.2 Å². The Labute approximate surface area is 185 Å². The number of aliphatic hydroxyl groups is 1. The number of carbonyl (C=O) groups excluding carboxylic acids is 1. The van der Waals surface area contributed by atoms with Crippen molar-refractivity contribution in [2.45, 2.75) is 51.2 Å². The lowest BCUT2D eigenvalue weighted by Gasteiger charge is -2.37. The average molecular weight is 454 g/mol. The largest absolute Gasteiger partial charge is 0.487 e. The van der Waals surface area contributed by atoms with Gasteiger partial charge in [0.25, 0.3) is 0 Å². The van der Waals surface area contributed by atoms with Crippen molar-refractivity contribution >= 4 is 22.1 Å². The van der Waals surface area contributed by atoms with Gasteiger partial charge in [-0.25, -0.2) is 13.2 Å². The third-order valence-electron chi connectivity index (χ3n) is 5.38. The first-order valence-electron chi connectivity index (χ1n) is 10.7. The molecular formula is C22H35N3O5S. The van der Waals surface area contributed by atoms with E-state index in [4.69, 9.17) is 4.74 Å². The third kappa shape index (κ3) is 5.99. The number of carbonyl (C=O) groups is 1. The summed E-state index contributed by atoms with van der Waals surface area (Å²) in [4.78, 5) is 14.0. The van der Waals surface area contributed by atoms with Gasteiger partial charge in [-0.15, -0.1) is 0 Å². The first kappa shape index (κ1) is 25.2. The molecule has 2 N–H and O–H groups in total. The number of allylic oxidation sites excluding steroid dienone is 1. The lowest BCUT2D eigenvalue weighted by Crippen LogP contribution is -2.51. The van der Waals surface area contributed by atoms with Gasteiger partial charge in [-0.1, -0.05) is 32.1 Å². The maximum atomic E-state index is 13.4. The minimum Gasteiger partial charge on any atom is -0.487 e. The number of ether oxygens (including phenoxy) is 1. The third-order valence-corrected chi connectivity index (χ3v) is 7.40. The number of urea groups is 1. The van der Waals surface area contributed by atoms with E-state index in [1.165, 1.54) is 4.31 Å². The molecule has 2 amide bonds. The van der Waals surface area contributed by atoms with Crippen LogP contribution in [-0.4, -0.2) is 74.2 Å². The number of hydrogen-bond donors (Lipinski definition) is 2. The lowest BCUT2D eigenvalue weighted by atomic mass is 10.0. The van der Waals surface area contributed by atoms with Gasteiger partial charge in [0, 0.05) is 32.1 Å². The summed E-state index contributed by atoms with van der Waals surface area (Å²) in [7, 11) is -2.17. The fraction of sp³-hybridized carbons (Fsp3) is 0.591. The summed E-state index contributed by atoms with van der Waals surface area (Å²) in [5, 5.41) is 12.5. The summed E-state index contributed by atoms with van der Waals surface area (Å²) in [5.41, 5.74) is 0.819. The minimum atomic E-state index is -3.87. The summed E-state index contributed by atoms with van der Waals surface area (Å²) in [6, 6.07) is 4.19. The lowest BCUT2D eigenvalue weighted by molar-refractivity contribution is 0.0812. The van der Waals surface area contributed by atoms with Crippen LogP contribution < -0.4 is 10.1 Å². The molecule has 1 aliphatic rings. The SMILES string of the molecule is C/C=C/c1ccc2c(c1)O[C@@H](CN(C)C(=O)NCCC)[C@H](C)CN([C@@H](C)CO)S2(=O)=O. The molecule has 1 aliphatic heterocycles. The van der Waals surface area contributed by atoms with Gasteiger partial charge in [0.2, 0.25) is 10.0 Å². The van der Waals surface area contributed by atoms with Gasteiger partial charge in [-0.3, -0.25) is 0 Å². The Morgan fingerprint density at radius 1 is 1.45 bits per heavy atom. The smallest absolute Gasteiger partial charge is 0.317 e. The molecule has 0 bridgehead atoms. The topological polar surface area (TPSA) is 99.2 Å². The van der Waals surface area contributed by atoms with Crippen LogP contribution >= 0.6 is 0 Å². The normalized spacial score (nSPS) is 22.1. The van der Waals surface area contributed by atoms with Gasteiger partial charge in [0.1, 0.15) is 16.7 Å². The highest BCUT2D eigenvalue weighted by molar-refractivity contribution is 7.89. The molecule has 0 saturated heterocycles. The van der Waals surface area contributed by atoms with Crippen molar-refractivity contribution < 1.29 is 23.1 Å². The molecule has 174 valence electrons. The fourth-order valence-electron chi connectivity index (χ4n) is 3.48. The number of hydrogen-bond acceptors (Lipinski definition) is 5. The Morgan fingerprint density at radius 3 is 2.77 bits per heavy atom. The summed E-state index contributed by atoms with van der Waals surface area (Å²) in [5.74, 6) is 0.0355. The number of nitrogens with zero attached hydrogens (tertiary/aromatic N) is 2. The predicted octanol–water partition coefficient (Wildman–Crippen LogP) is 2.54. The second-order valence-electron chi connectivity index (χ2n) is 8.06. The van der Waals surface area contributed by atoms with Crippen LogP contribution in [0.2, 0.25) is 0 Å². The van der Waals surface area contributed by atoms with Crippen molar-refractivity contribution in [3.63, 3.8) is 0 Å². The predicted molar refractivity (Wildman–Crippen MR) is 121 cm³/mol. The molecule has 0 spiro atoms. The Morgan fingerprint density at radius 2 is 2.16 bits per heavy atom. The van der Waals surface area contributed by atoms with Gasteiger partial charge >= 0.3 is 6.03 Å². The maximum Gasteiger partial charge on any atom is 0.317 e. The number of amides is 2. The monoisotopic (exact) mass is 453 g/mol. The molecule has 1 aromatic carbocycles. The van der Waals surface area contributed by atoms with E-state index < -0.39 is 22.2 Å². The quantitative estimate of drug-likeness (QED) is 0.661. The van der Waals surface area contributed by atoms with Gasteiger partial charge < -0.3 is 20.1 Å². The molecule has 9 heteroatoms. The van der Waals surface area contributed by atoms with Gasteiger partial charge in [-0.05, 0) is 38.0 Å². The van der Waals surface area contributed by atoms with Crippen LogP contribution in [-0.2, 0) is 10.0 Å². The van der Waals surface area contributed by atoms with Crippen LogP contribution in [0.25, 0.3) is 6.08 Å². The number of aliphatic hydroxyl groups excluding tert-OH is 1. The second kappa shape index (κ2) is 11.0. The zero-order valence-electron chi connectivity index (χ0n) is 19.0. The van der Waals surface area contributed by atoms with Crippen LogP contribution in [0.3, 0.4) is 0 Å². The maximum absolute atomic E-state index is 13.4. The molecule has 31 heavy (non-hydrogen) atoms. The average Bonchev–Trinajstić information content (AvgIpc) is 2.73. The van der Waals surface area contributed by atoms with E-state index in [0.717, 1.165) is 12.0 Å². The molecule has 0 saturated carbocycles. The molecule has 3 atom stereocenters. The highest BCUT2D eigenvalue weighted by Gasteiger charge is 2.38. The van der Waals surface area contributed by atoms with Gasteiger partial charge in [-0.2, -0.15) is 4.31 Å². The van der Waals surface area contributed by atoms with E-state index in [0.29, 0.717) is 13.1 Å². The number of rotatable bonds is 7. The van der Waals surface area contributed by atoms with Crippen molar-refractivity contribution in [1.82, 2.24) is 14.5 Å². The van der Waals surface area contributed by atoms with Gasteiger partial charge in [0.15, 0.2) is 0 Å². The van der Waals surface area contributed by atoms with E-state index in [-0.39, 0.29) is 35.7 Å². The zero-order chi connectivity index (χ0) is 23.2. The molecule has 2 rings (SSSR count). The molecule has 0 aromatic heterocycles. The second-order valence-corrected chi connectivity index (χ2v) is 9.92. The molecule has 1 heterocycles. The Kier molecular flexibility index (Phi) is 8.90. The number of nitrogens with one attached hydrogen (secondary N) is 1. The Balaban J connectivity index is 2.47. The molecule has 0 aliphatic carbocycles. The van der Waals surface area contributed by atoms with E-state index >= 15 is 0 Å². The molecule has 0 radical (unpaired) electrons. The van der Waals surface area contributed by atoms with E-state index in [9.17, 15) is 18.3 Å². The molecule has 8 nitrogen and oxygen atoms in total.